The number of nitrogens with one attached hydrogen (secondary N) is 1. The molecule has 1 atom stereocenters. The SMILES string of the molecule is CNC(Cc1cc(C)ccc1OC)c1ccnc(C)c1. The molecule has 1 aromatic heterocycles. The number of aromatic nitrogens is 1. The zero-order valence-corrected chi connectivity index (χ0v) is 12.6. The lowest BCUT2D eigenvalue weighted by Crippen LogP contribution is -2.19. The number of pyridine rings is 1. The Morgan fingerprint density at radius 3 is 2.65 bits per heavy atom. The van der Waals surface area contributed by atoms with E-state index in [1.54, 1.807) is 7.11 Å². The Kier molecular flexibility index (Phi) is 4.74. The van der Waals surface area contributed by atoms with Gasteiger partial charge in [0.15, 0.2) is 0 Å². The summed E-state index contributed by atoms with van der Waals surface area (Å²) in [6.07, 6.45) is 2.76. The molecule has 1 N–H and O–H groups in total. The quantitative estimate of drug-likeness (QED) is 0.906. The number of aryl methyl sites for hydroxylation is 2. The van der Waals surface area contributed by atoms with Gasteiger partial charge in [0.1, 0.15) is 5.75 Å². The highest BCUT2D eigenvalue weighted by molar-refractivity contribution is 5.38. The lowest BCUT2D eigenvalue weighted by Gasteiger charge is -2.19. The van der Waals surface area contributed by atoms with Gasteiger partial charge in [0, 0.05) is 17.9 Å². The lowest BCUT2D eigenvalue weighted by molar-refractivity contribution is 0.406. The Hall–Kier alpha value is -1.87. The summed E-state index contributed by atoms with van der Waals surface area (Å²) in [5, 5.41) is 3.38. The van der Waals surface area contributed by atoms with Crippen molar-refractivity contribution < 1.29 is 4.74 Å². The third-order valence-electron chi connectivity index (χ3n) is 3.53. The molecule has 0 fully saturated rings. The summed E-state index contributed by atoms with van der Waals surface area (Å²) < 4.78 is 5.47. The molecule has 2 aromatic rings. The first-order valence-electron chi connectivity index (χ1n) is 6.87. The molecule has 1 aromatic carbocycles. The van der Waals surface area contributed by atoms with Gasteiger partial charge in [-0.2, -0.15) is 0 Å². The molecule has 1 heterocycles. The van der Waals surface area contributed by atoms with Gasteiger partial charge in [-0.1, -0.05) is 17.7 Å². The average Bonchev–Trinajstić information content (AvgIpc) is 2.45. The van der Waals surface area contributed by atoms with E-state index in [1.807, 2.05) is 26.2 Å². The molecule has 0 aliphatic rings. The summed E-state index contributed by atoms with van der Waals surface area (Å²) in [6.45, 7) is 4.12. The predicted molar refractivity (Wildman–Crippen MR) is 82.2 cm³/mol. The molecule has 2 rings (SSSR count). The van der Waals surface area contributed by atoms with Gasteiger partial charge < -0.3 is 10.1 Å². The van der Waals surface area contributed by atoms with E-state index < -0.39 is 0 Å². The van der Waals surface area contributed by atoms with Crippen molar-refractivity contribution in [3.05, 3.63) is 58.9 Å². The van der Waals surface area contributed by atoms with E-state index in [2.05, 4.69) is 41.5 Å². The van der Waals surface area contributed by atoms with Crippen molar-refractivity contribution in [1.82, 2.24) is 10.3 Å². The maximum atomic E-state index is 5.47. The zero-order valence-electron chi connectivity index (χ0n) is 12.6. The van der Waals surface area contributed by atoms with Crippen LogP contribution in [0.15, 0.2) is 36.5 Å². The molecule has 0 saturated heterocycles. The molecule has 0 aliphatic heterocycles. The Morgan fingerprint density at radius 2 is 2.00 bits per heavy atom. The van der Waals surface area contributed by atoms with Crippen LogP contribution in [0.1, 0.15) is 28.4 Å². The molecule has 0 bridgehead atoms. The third-order valence-corrected chi connectivity index (χ3v) is 3.53. The molecule has 1 unspecified atom stereocenters. The average molecular weight is 270 g/mol. The third kappa shape index (κ3) is 3.36. The van der Waals surface area contributed by atoms with Crippen LogP contribution in [0.4, 0.5) is 0 Å². The monoisotopic (exact) mass is 270 g/mol. The van der Waals surface area contributed by atoms with Crippen molar-refractivity contribution >= 4 is 0 Å². The zero-order chi connectivity index (χ0) is 14.5. The van der Waals surface area contributed by atoms with Crippen LogP contribution in [0.2, 0.25) is 0 Å². The second-order valence-corrected chi connectivity index (χ2v) is 5.09. The van der Waals surface area contributed by atoms with Gasteiger partial charge in [-0.25, -0.2) is 0 Å². The number of nitrogens with zero attached hydrogens (tertiary/aromatic N) is 1. The Morgan fingerprint density at radius 1 is 1.20 bits per heavy atom. The highest BCUT2D eigenvalue weighted by Gasteiger charge is 2.13. The fraction of sp³-hybridized carbons (Fsp3) is 0.353. The maximum absolute atomic E-state index is 5.47. The van der Waals surface area contributed by atoms with Crippen molar-refractivity contribution in [3.63, 3.8) is 0 Å². The predicted octanol–water partition coefficient (Wildman–Crippen LogP) is 3.21. The van der Waals surface area contributed by atoms with Crippen molar-refractivity contribution in [2.24, 2.45) is 0 Å². The van der Waals surface area contributed by atoms with E-state index in [4.69, 9.17) is 4.74 Å². The van der Waals surface area contributed by atoms with Crippen LogP contribution in [0.5, 0.6) is 5.75 Å². The molecule has 106 valence electrons. The smallest absolute Gasteiger partial charge is 0.122 e. The molecule has 0 saturated carbocycles. The van der Waals surface area contributed by atoms with Crippen LogP contribution in [-0.2, 0) is 6.42 Å². The molecular formula is C17H22N2O. The molecule has 3 heteroatoms. The number of rotatable bonds is 5. The first-order chi connectivity index (χ1) is 9.63. The second-order valence-electron chi connectivity index (χ2n) is 5.09. The summed E-state index contributed by atoms with van der Waals surface area (Å²) >= 11 is 0. The fourth-order valence-electron chi connectivity index (χ4n) is 2.46. The lowest BCUT2D eigenvalue weighted by atomic mass is 9.97. The number of hydrogen-bond donors (Lipinski definition) is 1. The van der Waals surface area contributed by atoms with Gasteiger partial charge in [0.25, 0.3) is 0 Å². The maximum Gasteiger partial charge on any atom is 0.122 e. The van der Waals surface area contributed by atoms with Crippen molar-refractivity contribution in [2.45, 2.75) is 26.3 Å². The van der Waals surface area contributed by atoms with E-state index in [0.29, 0.717) is 0 Å². The molecule has 0 spiro atoms. The summed E-state index contributed by atoms with van der Waals surface area (Å²) in [5.41, 5.74) is 4.77. The van der Waals surface area contributed by atoms with E-state index in [-0.39, 0.29) is 6.04 Å². The number of hydrogen-bond acceptors (Lipinski definition) is 3. The van der Waals surface area contributed by atoms with Crippen molar-refractivity contribution in [2.75, 3.05) is 14.2 Å². The minimum atomic E-state index is 0.257. The van der Waals surface area contributed by atoms with E-state index in [9.17, 15) is 0 Å². The summed E-state index contributed by atoms with van der Waals surface area (Å²) in [5.74, 6) is 0.946. The molecule has 3 nitrogen and oxygen atoms in total. The van der Waals surface area contributed by atoms with Crippen LogP contribution in [0.25, 0.3) is 0 Å². The van der Waals surface area contributed by atoms with Crippen LogP contribution in [0, 0.1) is 13.8 Å². The molecule has 0 amide bonds. The normalized spacial score (nSPS) is 12.2. The van der Waals surface area contributed by atoms with Crippen LogP contribution in [-0.4, -0.2) is 19.1 Å². The van der Waals surface area contributed by atoms with Crippen molar-refractivity contribution in [3.8, 4) is 5.75 Å². The molecular weight excluding hydrogens is 248 g/mol. The molecule has 0 radical (unpaired) electrons. The standard InChI is InChI=1S/C17H22N2O/c1-12-5-6-17(20-4)15(9-12)11-16(18-3)14-7-8-19-13(2)10-14/h5-10,16,18H,11H2,1-4H3. The van der Waals surface area contributed by atoms with Crippen molar-refractivity contribution in [1.29, 1.82) is 0 Å². The Bertz CT molecular complexity index is 581. The minimum absolute atomic E-state index is 0.257. The highest BCUT2D eigenvalue weighted by atomic mass is 16.5. The molecule has 20 heavy (non-hydrogen) atoms. The topological polar surface area (TPSA) is 34.1 Å². The summed E-state index contributed by atoms with van der Waals surface area (Å²) in [7, 11) is 3.71. The van der Waals surface area contributed by atoms with Crippen LogP contribution < -0.4 is 10.1 Å². The first kappa shape index (κ1) is 14.5. The number of likely N-dealkylation sites (N-methyl/N-ethyl adjacent to an activating group) is 1. The van der Waals surface area contributed by atoms with Gasteiger partial charge in [0.05, 0.1) is 7.11 Å². The van der Waals surface area contributed by atoms with Gasteiger partial charge in [-0.05, 0) is 56.6 Å². The largest absolute Gasteiger partial charge is 0.496 e. The van der Waals surface area contributed by atoms with Gasteiger partial charge in [0.2, 0.25) is 0 Å². The van der Waals surface area contributed by atoms with E-state index in [0.717, 1.165) is 17.9 Å². The van der Waals surface area contributed by atoms with Crippen LogP contribution >= 0.6 is 0 Å². The Labute approximate surface area is 121 Å². The van der Waals surface area contributed by atoms with Crippen LogP contribution in [0.3, 0.4) is 0 Å². The fourth-order valence-corrected chi connectivity index (χ4v) is 2.46. The highest BCUT2D eigenvalue weighted by Crippen LogP contribution is 2.26. The first-order valence-corrected chi connectivity index (χ1v) is 6.87. The second kappa shape index (κ2) is 6.53. The van der Waals surface area contributed by atoms with Gasteiger partial charge in [-0.3, -0.25) is 4.98 Å². The number of benzene rings is 1. The Balaban J connectivity index is 2.28. The minimum Gasteiger partial charge on any atom is -0.496 e. The van der Waals surface area contributed by atoms with Gasteiger partial charge >= 0.3 is 0 Å². The number of ether oxygens (including phenoxy) is 1. The van der Waals surface area contributed by atoms with E-state index in [1.165, 1.54) is 16.7 Å². The van der Waals surface area contributed by atoms with Gasteiger partial charge in [-0.15, -0.1) is 0 Å². The molecule has 0 aliphatic carbocycles. The number of methoxy groups -OCH3 is 1. The van der Waals surface area contributed by atoms with E-state index >= 15 is 0 Å². The summed E-state index contributed by atoms with van der Waals surface area (Å²) in [4.78, 5) is 4.26. The summed E-state index contributed by atoms with van der Waals surface area (Å²) in [6, 6.07) is 10.8.